The van der Waals surface area contributed by atoms with Gasteiger partial charge in [0.25, 0.3) is 5.09 Å². The Balaban J connectivity index is 4.46. The highest BCUT2D eigenvalue weighted by molar-refractivity contribution is 5.88. The van der Waals surface area contributed by atoms with E-state index in [0.29, 0.717) is 0 Å². The highest BCUT2D eigenvalue weighted by Crippen LogP contribution is 2.29. The molecule has 0 amide bonds. The maximum atomic E-state index is 11.8. The summed E-state index contributed by atoms with van der Waals surface area (Å²) in [4.78, 5) is 26.0. The van der Waals surface area contributed by atoms with Gasteiger partial charge in [0.1, 0.15) is 12.4 Å². The summed E-state index contributed by atoms with van der Waals surface area (Å²) in [5.74, 6) is -0.0492. The number of rotatable bonds is 4. The van der Waals surface area contributed by atoms with Gasteiger partial charge in [0.15, 0.2) is 0 Å². The molecule has 0 bridgehead atoms. The number of nitrogens with zero attached hydrogens (tertiary/aromatic N) is 1. The molecule has 14 heavy (non-hydrogen) atoms. The van der Waals surface area contributed by atoms with Crippen LogP contribution in [0.25, 0.3) is 0 Å². The van der Waals surface area contributed by atoms with Gasteiger partial charge < -0.3 is 4.84 Å². The minimum Gasteiger partial charge on any atom is -0.313 e. The van der Waals surface area contributed by atoms with Crippen LogP contribution in [0.5, 0.6) is 0 Å². The molecule has 0 fully saturated rings. The van der Waals surface area contributed by atoms with Crippen molar-refractivity contribution in [1.29, 1.82) is 0 Å². The molecule has 0 aliphatic heterocycles. The first-order valence-corrected chi connectivity index (χ1v) is 4.39. The molecule has 0 aliphatic rings. The Bertz CT molecular complexity index is 240. The lowest BCUT2D eigenvalue weighted by Gasteiger charge is -2.29. The van der Waals surface area contributed by atoms with Crippen LogP contribution in [-0.4, -0.2) is 17.5 Å². The average molecular weight is 203 g/mol. The summed E-state index contributed by atoms with van der Waals surface area (Å²) in [6.45, 7) is 8.43. The van der Waals surface area contributed by atoms with E-state index in [1.807, 2.05) is 0 Å². The topological polar surface area (TPSA) is 69.4 Å². The predicted octanol–water partition coefficient (Wildman–Crippen LogP) is 1.84. The van der Waals surface area contributed by atoms with Crippen LogP contribution in [0.3, 0.4) is 0 Å². The fourth-order valence-corrected chi connectivity index (χ4v) is 1.29. The van der Waals surface area contributed by atoms with Gasteiger partial charge >= 0.3 is 0 Å². The Kier molecular flexibility index (Phi) is 3.62. The second-order valence-electron chi connectivity index (χ2n) is 4.96. The van der Waals surface area contributed by atoms with Crippen molar-refractivity contribution in [3.63, 3.8) is 0 Å². The van der Waals surface area contributed by atoms with Crippen LogP contribution in [0.4, 0.5) is 0 Å². The molecule has 0 N–H and O–H groups in total. The molecule has 0 unspecified atom stereocenters. The van der Waals surface area contributed by atoms with Crippen LogP contribution in [0.1, 0.15) is 34.6 Å². The first-order chi connectivity index (χ1) is 6.07. The summed E-state index contributed by atoms with van der Waals surface area (Å²) < 4.78 is 0. The van der Waals surface area contributed by atoms with E-state index in [9.17, 15) is 14.9 Å². The molecular formula is C9H17NO4. The predicted molar refractivity (Wildman–Crippen MR) is 51.2 cm³/mol. The van der Waals surface area contributed by atoms with Crippen LogP contribution in [0.2, 0.25) is 0 Å². The van der Waals surface area contributed by atoms with Crippen molar-refractivity contribution in [2.45, 2.75) is 34.6 Å². The SMILES string of the molecule is CC(C)(C)C(=O)C(C)(C)CO[N+](=O)[O-]. The number of hydrogen-bond acceptors (Lipinski definition) is 4. The number of ketones is 1. The standard InChI is InChI=1S/C9H17NO4/c1-8(2,3)7(11)9(4,5)6-14-10(12)13/h6H2,1-5H3. The first-order valence-electron chi connectivity index (χ1n) is 4.39. The van der Waals surface area contributed by atoms with Crippen molar-refractivity contribution in [3.05, 3.63) is 10.1 Å². The third-order valence-corrected chi connectivity index (χ3v) is 1.83. The molecule has 0 rings (SSSR count). The zero-order valence-corrected chi connectivity index (χ0v) is 9.29. The Morgan fingerprint density at radius 2 is 1.71 bits per heavy atom. The van der Waals surface area contributed by atoms with Crippen LogP contribution >= 0.6 is 0 Å². The van der Waals surface area contributed by atoms with Crippen molar-refractivity contribution < 1.29 is 14.7 Å². The van der Waals surface area contributed by atoms with Crippen molar-refractivity contribution in [3.8, 4) is 0 Å². The molecule has 82 valence electrons. The molecule has 0 aromatic carbocycles. The van der Waals surface area contributed by atoms with Crippen LogP contribution in [0, 0.1) is 20.9 Å². The molecular weight excluding hydrogens is 186 g/mol. The quantitative estimate of drug-likeness (QED) is 0.516. The number of Topliss-reactive ketones (excluding diaryl/α,β-unsaturated/α-hetero) is 1. The van der Waals surface area contributed by atoms with Gasteiger partial charge in [0.2, 0.25) is 0 Å². The van der Waals surface area contributed by atoms with E-state index >= 15 is 0 Å². The van der Waals surface area contributed by atoms with Gasteiger partial charge in [0.05, 0.1) is 0 Å². The summed E-state index contributed by atoms with van der Waals surface area (Å²) in [7, 11) is 0. The summed E-state index contributed by atoms with van der Waals surface area (Å²) >= 11 is 0. The van der Waals surface area contributed by atoms with Crippen LogP contribution in [-0.2, 0) is 9.63 Å². The molecule has 0 aliphatic carbocycles. The molecule has 0 saturated carbocycles. The molecule has 0 atom stereocenters. The Hall–Kier alpha value is -1.13. The van der Waals surface area contributed by atoms with Crippen molar-refractivity contribution in [2.75, 3.05) is 6.61 Å². The van der Waals surface area contributed by atoms with E-state index < -0.39 is 15.9 Å². The van der Waals surface area contributed by atoms with E-state index in [4.69, 9.17) is 0 Å². The Morgan fingerprint density at radius 3 is 2.00 bits per heavy atom. The monoisotopic (exact) mass is 203 g/mol. The fraction of sp³-hybridized carbons (Fsp3) is 0.889. The zero-order chi connectivity index (χ0) is 11.6. The van der Waals surface area contributed by atoms with E-state index in [1.165, 1.54) is 0 Å². The average Bonchev–Trinajstić information content (AvgIpc) is 1.98. The molecule has 0 spiro atoms. The minimum atomic E-state index is -0.877. The van der Waals surface area contributed by atoms with Crippen molar-refractivity contribution in [1.82, 2.24) is 0 Å². The van der Waals surface area contributed by atoms with Gasteiger partial charge in [-0.25, -0.2) is 0 Å². The Morgan fingerprint density at radius 1 is 1.29 bits per heavy atom. The van der Waals surface area contributed by atoms with Crippen LogP contribution < -0.4 is 0 Å². The third kappa shape index (κ3) is 3.72. The van der Waals surface area contributed by atoms with Gasteiger partial charge in [-0.15, -0.1) is 10.1 Å². The third-order valence-electron chi connectivity index (χ3n) is 1.83. The molecule has 5 heteroatoms. The second-order valence-corrected chi connectivity index (χ2v) is 4.96. The summed E-state index contributed by atoms with van der Waals surface area (Å²) in [6, 6.07) is 0. The fourth-order valence-electron chi connectivity index (χ4n) is 1.29. The Labute approximate surface area is 83.5 Å². The first kappa shape index (κ1) is 12.9. The van der Waals surface area contributed by atoms with Gasteiger partial charge in [-0.1, -0.05) is 34.6 Å². The zero-order valence-electron chi connectivity index (χ0n) is 9.29. The number of carbonyl (C=O) groups excluding carboxylic acids is 1. The van der Waals surface area contributed by atoms with E-state index in [1.54, 1.807) is 34.6 Å². The largest absolute Gasteiger partial charge is 0.313 e. The normalized spacial score (nSPS) is 12.4. The van der Waals surface area contributed by atoms with Gasteiger partial charge in [0, 0.05) is 10.8 Å². The van der Waals surface area contributed by atoms with Gasteiger partial charge in [-0.05, 0) is 0 Å². The van der Waals surface area contributed by atoms with Crippen molar-refractivity contribution in [2.24, 2.45) is 10.8 Å². The number of hydrogen-bond donors (Lipinski definition) is 0. The molecule has 0 saturated heterocycles. The molecule has 5 nitrogen and oxygen atoms in total. The van der Waals surface area contributed by atoms with E-state index in [-0.39, 0.29) is 12.4 Å². The van der Waals surface area contributed by atoms with E-state index in [0.717, 1.165) is 0 Å². The van der Waals surface area contributed by atoms with Crippen LogP contribution in [0.15, 0.2) is 0 Å². The van der Waals surface area contributed by atoms with Gasteiger partial charge in [-0.3, -0.25) is 4.79 Å². The smallest absolute Gasteiger partial charge is 0.294 e. The molecule has 0 heterocycles. The maximum Gasteiger partial charge on any atom is 0.294 e. The lowest BCUT2D eigenvalue weighted by molar-refractivity contribution is -0.760. The lowest BCUT2D eigenvalue weighted by Crippen LogP contribution is -2.38. The van der Waals surface area contributed by atoms with Gasteiger partial charge in [-0.2, -0.15) is 0 Å². The number of carbonyl (C=O) groups is 1. The second kappa shape index (κ2) is 3.94. The van der Waals surface area contributed by atoms with Crippen molar-refractivity contribution >= 4 is 5.78 Å². The highest BCUT2D eigenvalue weighted by atomic mass is 16.9. The minimum absolute atomic E-state index is 0.0492. The lowest BCUT2D eigenvalue weighted by atomic mass is 9.75. The molecule has 0 aromatic rings. The summed E-state index contributed by atoms with van der Waals surface area (Å²) in [5, 5.41) is 9.11. The highest BCUT2D eigenvalue weighted by Gasteiger charge is 2.36. The molecule has 0 aromatic heterocycles. The summed E-state index contributed by atoms with van der Waals surface area (Å²) in [6.07, 6.45) is 0. The molecule has 0 radical (unpaired) electrons. The maximum absolute atomic E-state index is 11.8. The summed E-state index contributed by atoms with van der Waals surface area (Å²) in [5.41, 5.74) is -1.34. The van der Waals surface area contributed by atoms with E-state index in [2.05, 4.69) is 4.84 Å².